The molecular weight excluding hydrogens is 1230 g/mol. The number of benzene rings is 14. The fraction of sp³-hybridized carbons (Fsp3) is 0. The van der Waals surface area contributed by atoms with Crippen molar-refractivity contribution in [3.63, 3.8) is 0 Å². The molecule has 0 saturated heterocycles. The Morgan fingerprint density at radius 2 is 0.536 bits per heavy atom. The zero-order valence-corrected chi connectivity index (χ0v) is 54.6. The quantitative estimate of drug-likeness (QED) is 0.129. The molecule has 0 N–H and O–H groups in total. The zero-order valence-electron chi connectivity index (χ0n) is 52.2. The van der Waals surface area contributed by atoms with Gasteiger partial charge in [0.1, 0.15) is 0 Å². The third kappa shape index (κ3) is 10.5. The normalized spacial score (nSPS) is 11.7. The van der Waals surface area contributed by atoms with E-state index in [1.165, 1.54) is 116 Å². The van der Waals surface area contributed by atoms with Gasteiger partial charge in [-0.05, 0) is 127 Å². The average molecular weight is 1290 g/mol. The SMILES string of the molecule is c1ccc(-c2nc(-c3ccc(-c4ccc5ccccc5c4)cc3)cc(-c3ccc(-c4ccc5sc6cc(-c7ccc8c(c7)sc7ccc(-c9ccc(-c%10cc(-c%11ccc(-c%12cccc%13c%12sc%12ccccc%12%13)cc%11)nc(-c%11ccccc%11)n%10)cc9)cc78)ccc6c5c4)cc3)n2)cc1. The van der Waals surface area contributed by atoms with Gasteiger partial charge in [-0.25, -0.2) is 19.9 Å². The summed E-state index contributed by atoms with van der Waals surface area (Å²) in [5.41, 5.74) is 21.6. The van der Waals surface area contributed by atoms with Gasteiger partial charge in [0.15, 0.2) is 11.6 Å². The highest BCUT2D eigenvalue weighted by atomic mass is 32.1. The second-order valence-electron chi connectivity index (χ2n) is 24.9. The molecule has 0 atom stereocenters. The highest BCUT2D eigenvalue weighted by Crippen LogP contribution is 2.44. The van der Waals surface area contributed by atoms with Crippen molar-refractivity contribution in [1.29, 1.82) is 0 Å². The Hall–Kier alpha value is -11.8. The lowest BCUT2D eigenvalue weighted by molar-refractivity contribution is 1.18. The van der Waals surface area contributed by atoms with Crippen LogP contribution in [0.15, 0.2) is 328 Å². The standard InChI is InChI=1S/C90H54N4S3/c1-3-13-64(14-4-1)89-91-79(60-31-22-56(23-32-60)67-39-28-55-12-7-8-17-66(55)48-67)53-80(92-89)61-33-24-57(25-34-61)68-42-46-84-77(49-68)74-44-40-70(51-86(74)95-84)71-41-45-75-78-50-69(43-47-85(78)96-87(75)52-71)58-26-35-62(36-27-58)81-54-82(94-90(93-81)65-15-5-2-6-16-65)63-37-29-59(30-38-63)72-19-11-20-76-73-18-9-10-21-83(73)97-88(72)76/h1-54H. The van der Waals surface area contributed by atoms with Gasteiger partial charge >= 0.3 is 0 Å². The van der Waals surface area contributed by atoms with Crippen LogP contribution >= 0.6 is 34.0 Å². The molecule has 0 aliphatic rings. The van der Waals surface area contributed by atoms with Gasteiger partial charge in [0.25, 0.3) is 0 Å². The van der Waals surface area contributed by atoms with E-state index in [2.05, 4.69) is 291 Å². The molecule has 5 aromatic heterocycles. The van der Waals surface area contributed by atoms with Crippen LogP contribution in [0, 0.1) is 0 Å². The smallest absolute Gasteiger partial charge is 0.160 e. The van der Waals surface area contributed by atoms with Crippen molar-refractivity contribution in [2.45, 2.75) is 0 Å². The lowest BCUT2D eigenvalue weighted by Crippen LogP contribution is -1.96. The minimum Gasteiger partial charge on any atom is -0.228 e. The Morgan fingerprint density at radius 3 is 1.04 bits per heavy atom. The molecule has 0 bridgehead atoms. The monoisotopic (exact) mass is 1290 g/mol. The first kappa shape index (κ1) is 56.7. The van der Waals surface area contributed by atoms with Crippen LogP contribution in [-0.4, -0.2) is 19.9 Å². The molecule has 0 aliphatic heterocycles. The van der Waals surface area contributed by atoms with E-state index < -0.39 is 0 Å². The summed E-state index contributed by atoms with van der Waals surface area (Å²) in [7, 11) is 0. The Labute approximate surface area is 572 Å². The topological polar surface area (TPSA) is 51.6 Å². The molecule has 0 fully saturated rings. The molecule has 0 amide bonds. The fourth-order valence-corrected chi connectivity index (χ4v) is 17.3. The molecule has 0 saturated carbocycles. The summed E-state index contributed by atoms with van der Waals surface area (Å²) in [5, 5.41) is 10.2. The molecule has 0 radical (unpaired) electrons. The number of nitrogens with zero attached hydrogens (tertiary/aromatic N) is 4. The first-order valence-electron chi connectivity index (χ1n) is 32.6. The molecule has 97 heavy (non-hydrogen) atoms. The first-order valence-corrected chi connectivity index (χ1v) is 35.1. The number of aromatic nitrogens is 4. The van der Waals surface area contributed by atoms with Gasteiger partial charge in [-0.15, -0.1) is 34.0 Å². The van der Waals surface area contributed by atoms with Crippen LogP contribution in [0.25, 0.3) is 195 Å². The van der Waals surface area contributed by atoms with Crippen molar-refractivity contribution in [1.82, 2.24) is 19.9 Å². The summed E-state index contributed by atoms with van der Waals surface area (Å²) in [6, 6.07) is 118. The van der Waals surface area contributed by atoms with Gasteiger partial charge in [0.2, 0.25) is 0 Å². The van der Waals surface area contributed by atoms with Crippen molar-refractivity contribution in [3.8, 4) is 123 Å². The summed E-state index contributed by atoms with van der Waals surface area (Å²) in [5.74, 6) is 1.40. The van der Waals surface area contributed by atoms with Crippen LogP contribution in [0.4, 0.5) is 0 Å². The Bertz CT molecular complexity index is 6270. The van der Waals surface area contributed by atoms with E-state index in [1.54, 1.807) is 0 Å². The van der Waals surface area contributed by atoms with E-state index in [0.29, 0.717) is 11.6 Å². The van der Waals surface area contributed by atoms with Crippen LogP contribution in [-0.2, 0) is 0 Å². The molecule has 19 aromatic rings. The molecule has 5 heterocycles. The Balaban J connectivity index is 0.573. The van der Waals surface area contributed by atoms with Crippen molar-refractivity contribution in [3.05, 3.63) is 328 Å². The maximum atomic E-state index is 5.18. The van der Waals surface area contributed by atoms with Crippen LogP contribution in [0.5, 0.6) is 0 Å². The Kier molecular flexibility index (Phi) is 13.8. The minimum atomic E-state index is 0.702. The largest absolute Gasteiger partial charge is 0.228 e. The molecule has 0 spiro atoms. The number of rotatable bonds is 11. The highest BCUT2D eigenvalue weighted by molar-refractivity contribution is 7.27. The summed E-state index contributed by atoms with van der Waals surface area (Å²) < 4.78 is 7.74. The van der Waals surface area contributed by atoms with Gasteiger partial charge in [-0.2, -0.15) is 0 Å². The lowest BCUT2D eigenvalue weighted by Gasteiger charge is -2.11. The van der Waals surface area contributed by atoms with Gasteiger partial charge in [0, 0.05) is 93.9 Å². The molecular formula is C90H54N4S3. The van der Waals surface area contributed by atoms with Crippen LogP contribution in [0.3, 0.4) is 0 Å². The highest BCUT2D eigenvalue weighted by Gasteiger charge is 2.18. The molecule has 19 rings (SSSR count). The molecule has 7 heteroatoms. The molecule has 4 nitrogen and oxygen atoms in total. The molecule has 14 aromatic carbocycles. The van der Waals surface area contributed by atoms with Gasteiger partial charge < -0.3 is 0 Å². The van der Waals surface area contributed by atoms with Crippen LogP contribution in [0.2, 0.25) is 0 Å². The van der Waals surface area contributed by atoms with Crippen molar-refractivity contribution >= 4 is 105 Å². The van der Waals surface area contributed by atoms with E-state index >= 15 is 0 Å². The van der Waals surface area contributed by atoms with Crippen LogP contribution in [0.1, 0.15) is 0 Å². The molecule has 0 aliphatic carbocycles. The maximum absolute atomic E-state index is 5.18. The third-order valence-electron chi connectivity index (χ3n) is 19.0. The van der Waals surface area contributed by atoms with Crippen molar-refractivity contribution in [2.75, 3.05) is 0 Å². The first-order chi connectivity index (χ1) is 48.0. The maximum Gasteiger partial charge on any atom is 0.160 e. The molecule has 0 unspecified atom stereocenters. The van der Waals surface area contributed by atoms with E-state index in [0.717, 1.165) is 67.3 Å². The van der Waals surface area contributed by atoms with Gasteiger partial charge in [0.05, 0.1) is 22.8 Å². The second kappa shape index (κ2) is 23.6. The summed E-state index contributed by atoms with van der Waals surface area (Å²) in [6.07, 6.45) is 0. The predicted octanol–water partition coefficient (Wildman–Crippen LogP) is 25.9. The number of hydrogen-bond donors (Lipinski definition) is 0. The van der Waals surface area contributed by atoms with Crippen molar-refractivity contribution in [2.24, 2.45) is 0 Å². The summed E-state index contributed by atoms with van der Waals surface area (Å²) >= 11 is 5.58. The number of hydrogen-bond acceptors (Lipinski definition) is 7. The van der Waals surface area contributed by atoms with Gasteiger partial charge in [-0.3, -0.25) is 0 Å². The van der Waals surface area contributed by atoms with Gasteiger partial charge in [-0.1, -0.05) is 267 Å². The molecule has 452 valence electrons. The fourth-order valence-electron chi connectivity index (χ4n) is 13.9. The van der Waals surface area contributed by atoms with E-state index in [-0.39, 0.29) is 0 Å². The van der Waals surface area contributed by atoms with Crippen LogP contribution < -0.4 is 0 Å². The second-order valence-corrected chi connectivity index (χ2v) is 28.1. The predicted molar refractivity (Wildman–Crippen MR) is 414 cm³/mol. The third-order valence-corrected chi connectivity index (χ3v) is 22.5. The number of thiophene rings is 3. The summed E-state index contributed by atoms with van der Waals surface area (Å²) in [6.45, 7) is 0. The lowest BCUT2D eigenvalue weighted by atomic mass is 9.98. The van der Waals surface area contributed by atoms with E-state index in [9.17, 15) is 0 Å². The van der Waals surface area contributed by atoms with E-state index in [4.69, 9.17) is 19.9 Å². The minimum absolute atomic E-state index is 0.702. The number of fused-ring (bicyclic) bond motifs is 10. The zero-order chi connectivity index (χ0) is 63.9. The van der Waals surface area contributed by atoms with Crippen molar-refractivity contribution < 1.29 is 0 Å². The van der Waals surface area contributed by atoms with E-state index in [1.807, 2.05) is 70.4 Å². The average Bonchev–Trinajstić information content (AvgIpc) is 0.967. The summed E-state index contributed by atoms with van der Waals surface area (Å²) in [4.78, 5) is 20.6. The Morgan fingerprint density at radius 1 is 0.175 bits per heavy atom.